The first-order valence-corrected chi connectivity index (χ1v) is 13.5. The fraction of sp³-hybridized carbons (Fsp3) is 0.114. The van der Waals surface area contributed by atoms with E-state index in [2.05, 4.69) is 104 Å². The number of aromatic nitrogens is 1. The SMILES string of the molecule is CC(C)(C)c1ccc2c(c1)Oc1cc(-c3ccc(C#N)cc3)cc3c1B2c1cccc2c4ccccc4n-3c12. The van der Waals surface area contributed by atoms with Gasteiger partial charge in [-0.2, -0.15) is 5.26 Å². The predicted molar refractivity (Wildman–Crippen MR) is 161 cm³/mol. The number of benzene rings is 5. The van der Waals surface area contributed by atoms with Gasteiger partial charge in [0.25, 0.3) is 6.71 Å². The first-order chi connectivity index (χ1) is 18.9. The van der Waals surface area contributed by atoms with Gasteiger partial charge in [-0.05, 0) is 74.9 Å². The smallest absolute Gasteiger partial charge is 0.256 e. The van der Waals surface area contributed by atoms with Gasteiger partial charge in [-0.3, -0.25) is 0 Å². The number of para-hydroxylation sites is 2. The number of nitrogens with zero attached hydrogens (tertiary/aromatic N) is 2. The van der Waals surface area contributed by atoms with Crippen molar-refractivity contribution in [2.75, 3.05) is 0 Å². The van der Waals surface area contributed by atoms with E-state index in [1.54, 1.807) is 0 Å². The van der Waals surface area contributed by atoms with Crippen LogP contribution in [0.15, 0.2) is 97.1 Å². The van der Waals surface area contributed by atoms with Crippen LogP contribution in [0.25, 0.3) is 38.6 Å². The molecule has 0 N–H and O–H groups in total. The Morgan fingerprint density at radius 3 is 2.33 bits per heavy atom. The van der Waals surface area contributed by atoms with E-state index >= 15 is 0 Å². The largest absolute Gasteiger partial charge is 0.458 e. The van der Waals surface area contributed by atoms with Gasteiger partial charge in [0, 0.05) is 22.0 Å². The Bertz CT molecular complexity index is 2040. The first kappa shape index (κ1) is 22.3. The van der Waals surface area contributed by atoms with E-state index in [-0.39, 0.29) is 12.1 Å². The second-order valence-electron chi connectivity index (χ2n) is 11.7. The standard InChI is InChI=1S/C35H25BN2O/c1-35(2,3)24-15-16-27-31(19-24)39-32-18-23(22-13-11-21(20-37)12-14-22)17-30-33(32)36(27)28-9-6-8-26-25-7-4-5-10-29(25)38(30)34(26)28/h4-19H,1-3H3. The Morgan fingerprint density at radius 2 is 1.54 bits per heavy atom. The molecule has 0 bridgehead atoms. The number of hydrogen-bond acceptors (Lipinski definition) is 2. The van der Waals surface area contributed by atoms with Gasteiger partial charge < -0.3 is 9.30 Å². The Kier molecular flexibility index (Phi) is 4.37. The van der Waals surface area contributed by atoms with Crippen LogP contribution in [0.3, 0.4) is 0 Å². The van der Waals surface area contributed by atoms with Crippen molar-refractivity contribution >= 4 is 44.9 Å². The van der Waals surface area contributed by atoms with E-state index in [4.69, 9.17) is 4.74 Å². The first-order valence-electron chi connectivity index (χ1n) is 13.5. The highest BCUT2D eigenvalue weighted by Crippen LogP contribution is 2.40. The fourth-order valence-corrected chi connectivity index (χ4v) is 6.53. The molecule has 0 radical (unpaired) electrons. The maximum Gasteiger partial charge on any atom is 0.256 e. The minimum absolute atomic E-state index is 0.0210. The molecule has 0 saturated carbocycles. The van der Waals surface area contributed by atoms with Crippen molar-refractivity contribution < 1.29 is 4.74 Å². The van der Waals surface area contributed by atoms with Crippen LogP contribution in [0.1, 0.15) is 31.9 Å². The summed E-state index contributed by atoms with van der Waals surface area (Å²) >= 11 is 0. The van der Waals surface area contributed by atoms with Crippen LogP contribution < -0.4 is 21.1 Å². The van der Waals surface area contributed by atoms with Crippen molar-refractivity contribution in [1.82, 2.24) is 4.57 Å². The van der Waals surface area contributed by atoms with Gasteiger partial charge in [0.15, 0.2) is 0 Å². The molecule has 5 aromatic carbocycles. The summed E-state index contributed by atoms with van der Waals surface area (Å²) in [7, 11) is 0. The predicted octanol–water partition coefficient (Wildman–Crippen LogP) is 6.56. The molecule has 0 aliphatic carbocycles. The summed E-state index contributed by atoms with van der Waals surface area (Å²) in [6, 6.07) is 36.7. The van der Waals surface area contributed by atoms with Crippen LogP contribution in [0.5, 0.6) is 11.5 Å². The van der Waals surface area contributed by atoms with Gasteiger partial charge in [-0.1, -0.05) is 81.4 Å². The van der Waals surface area contributed by atoms with Gasteiger partial charge in [-0.25, -0.2) is 0 Å². The zero-order chi connectivity index (χ0) is 26.5. The van der Waals surface area contributed by atoms with E-state index in [9.17, 15) is 5.26 Å². The minimum Gasteiger partial charge on any atom is -0.458 e. The molecule has 6 aromatic rings. The van der Waals surface area contributed by atoms with Crippen molar-refractivity contribution in [2.24, 2.45) is 0 Å². The molecule has 0 fully saturated rings. The summed E-state index contributed by atoms with van der Waals surface area (Å²) in [5, 5.41) is 11.9. The van der Waals surface area contributed by atoms with Gasteiger partial charge >= 0.3 is 0 Å². The normalized spacial score (nSPS) is 13.1. The van der Waals surface area contributed by atoms with Crippen molar-refractivity contribution in [3.05, 3.63) is 108 Å². The molecular weight excluding hydrogens is 475 g/mol. The highest BCUT2D eigenvalue weighted by atomic mass is 16.5. The average molecular weight is 500 g/mol. The zero-order valence-corrected chi connectivity index (χ0v) is 22.1. The highest BCUT2D eigenvalue weighted by Gasteiger charge is 2.41. The van der Waals surface area contributed by atoms with Crippen molar-refractivity contribution in [3.63, 3.8) is 0 Å². The lowest BCUT2D eigenvalue weighted by molar-refractivity contribution is 0.483. The van der Waals surface area contributed by atoms with Crippen LogP contribution in [-0.2, 0) is 5.41 Å². The molecule has 1 aromatic heterocycles. The third-order valence-electron chi connectivity index (χ3n) is 8.44. The number of hydrogen-bond donors (Lipinski definition) is 0. The van der Waals surface area contributed by atoms with Crippen LogP contribution in [-0.4, -0.2) is 11.3 Å². The topological polar surface area (TPSA) is 37.9 Å². The van der Waals surface area contributed by atoms with Crippen LogP contribution in [0.2, 0.25) is 0 Å². The number of nitriles is 1. The monoisotopic (exact) mass is 500 g/mol. The second kappa shape index (κ2) is 7.65. The van der Waals surface area contributed by atoms with Gasteiger partial charge in [0.2, 0.25) is 0 Å². The molecule has 3 nitrogen and oxygen atoms in total. The lowest BCUT2D eigenvalue weighted by Gasteiger charge is -2.34. The van der Waals surface area contributed by atoms with E-state index < -0.39 is 0 Å². The molecule has 3 heterocycles. The molecule has 0 saturated heterocycles. The minimum atomic E-state index is 0.0210. The molecule has 39 heavy (non-hydrogen) atoms. The van der Waals surface area contributed by atoms with E-state index in [1.807, 2.05) is 24.3 Å². The quantitative estimate of drug-likeness (QED) is 0.240. The molecule has 0 amide bonds. The zero-order valence-electron chi connectivity index (χ0n) is 22.1. The van der Waals surface area contributed by atoms with E-state index in [0.717, 1.165) is 28.3 Å². The molecule has 4 heteroatoms. The van der Waals surface area contributed by atoms with Gasteiger partial charge in [0.05, 0.1) is 17.1 Å². The summed E-state index contributed by atoms with van der Waals surface area (Å²) in [6.45, 7) is 6.81. The molecule has 8 rings (SSSR count). The molecule has 0 spiro atoms. The third-order valence-corrected chi connectivity index (χ3v) is 8.44. The van der Waals surface area contributed by atoms with Gasteiger partial charge in [-0.15, -0.1) is 0 Å². The van der Waals surface area contributed by atoms with Gasteiger partial charge in [0.1, 0.15) is 11.5 Å². The Balaban J connectivity index is 1.49. The molecule has 2 aliphatic rings. The highest BCUT2D eigenvalue weighted by molar-refractivity contribution is 6.99. The molecular formula is C35H25BN2O. The van der Waals surface area contributed by atoms with E-state index in [0.29, 0.717) is 5.56 Å². The summed E-state index contributed by atoms with van der Waals surface area (Å²) in [4.78, 5) is 0. The average Bonchev–Trinajstić information content (AvgIpc) is 3.29. The maximum atomic E-state index is 9.33. The maximum absolute atomic E-state index is 9.33. The summed E-state index contributed by atoms with van der Waals surface area (Å²) in [5.74, 6) is 1.83. The van der Waals surface area contributed by atoms with Crippen LogP contribution in [0.4, 0.5) is 0 Å². The van der Waals surface area contributed by atoms with Crippen molar-refractivity contribution in [3.8, 4) is 34.4 Å². The van der Waals surface area contributed by atoms with Crippen LogP contribution in [0, 0.1) is 11.3 Å². The summed E-state index contributed by atoms with van der Waals surface area (Å²) < 4.78 is 9.23. The number of ether oxygens (including phenoxy) is 1. The number of rotatable bonds is 1. The third kappa shape index (κ3) is 3.05. The lowest BCUT2D eigenvalue weighted by Crippen LogP contribution is -2.58. The molecule has 184 valence electrons. The number of fused-ring (bicyclic) bond motifs is 7. The Labute approximate surface area is 228 Å². The molecule has 0 unspecified atom stereocenters. The lowest BCUT2D eigenvalue weighted by atomic mass is 9.34. The van der Waals surface area contributed by atoms with Crippen molar-refractivity contribution in [2.45, 2.75) is 26.2 Å². The summed E-state index contributed by atoms with van der Waals surface area (Å²) in [5.41, 5.74) is 11.5. The van der Waals surface area contributed by atoms with E-state index in [1.165, 1.54) is 43.8 Å². The summed E-state index contributed by atoms with van der Waals surface area (Å²) in [6.07, 6.45) is 0. The second-order valence-corrected chi connectivity index (χ2v) is 11.7. The molecule has 0 atom stereocenters. The van der Waals surface area contributed by atoms with Crippen LogP contribution >= 0.6 is 0 Å². The fourth-order valence-electron chi connectivity index (χ4n) is 6.53. The Hall–Kier alpha value is -4.75. The van der Waals surface area contributed by atoms with Crippen molar-refractivity contribution in [1.29, 1.82) is 5.26 Å². The molecule has 2 aliphatic heterocycles. The Morgan fingerprint density at radius 1 is 0.744 bits per heavy atom.